The second-order valence-electron chi connectivity index (χ2n) is 5.09. The fourth-order valence-corrected chi connectivity index (χ4v) is 3.40. The van der Waals surface area contributed by atoms with Crippen molar-refractivity contribution in [2.24, 2.45) is 4.99 Å². The van der Waals surface area contributed by atoms with Crippen LogP contribution in [0.2, 0.25) is 0 Å². The lowest BCUT2D eigenvalue weighted by Gasteiger charge is -2.09. The maximum Gasteiger partial charge on any atom is 0.263 e. The Morgan fingerprint density at radius 1 is 1.30 bits per heavy atom. The summed E-state index contributed by atoms with van der Waals surface area (Å²) in [6.07, 6.45) is 0.205. The van der Waals surface area contributed by atoms with Gasteiger partial charge in [-0.15, -0.1) is 12.4 Å². The minimum atomic E-state index is -3.54. The lowest BCUT2D eigenvalue weighted by molar-refractivity contribution is -0.121. The number of amides is 1. The third-order valence-corrected chi connectivity index (χ3v) is 4.59. The van der Waals surface area contributed by atoms with E-state index in [4.69, 9.17) is 0 Å². The van der Waals surface area contributed by atoms with Gasteiger partial charge in [-0.3, -0.25) is 14.5 Å². The van der Waals surface area contributed by atoms with Crippen LogP contribution in [-0.2, 0) is 14.8 Å². The molecule has 0 radical (unpaired) electrons. The van der Waals surface area contributed by atoms with Gasteiger partial charge in [0.15, 0.2) is 0 Å². The third kappa shape index (κ3) is 4.92. The molecule has 1 heterocycles. The second kappa shape index (κ2) is 8.28. The molecule has 1 aromatic carbocycles. The van der Waals surface area contributed by atoms with E-state index in [0.717, 1.165) is 0 Å². The number of nitrogens with one attached hydrogen (secondary N) is 3. The highest BCUT2D eigenvalue weighted by Crippen LogP contribution is 2.22. The first-order chi connectivity index (χ1) is 10.4. The lowest BCUT2D eigenvalue weighted by Crippen LogP contribution is -2.32. The molecule has 1 aliphatic rings. The largest absolute Gasteiger partial charge is 0.355 e. The van der Waals surface area contributed by atoms with E-state index in [0.29, 0.717) is 24.5 Å². The molecule has 0 aromatic heterocycles. The number of carbonyl (C=O) groups excluding carboxylic acids is 1. The Bertz CT molecular complexity index is 691. The fourth-order valence-electron chi connectivity index (χ4n) is 2.16. The quantitative estimate of drug-likeness (QED) is 0.633. The first-order valence-electron chi connectivity index (χ1n) is 7.05. The Morgan fingerprint density at radius 3 is 2.70 bits per heavy atom. The Kier molecular flexibility index (Phi) is 6.99. The molecular formula is C14H21ClN4O3S. The van der Waals surface area contributed by atoms with E-state index in [-0.39, 0.29) is 35.7 Å². The molecule has 1 atom stereocenters. The van der Waals surface area contributed by atoms with E-state index in [1.54, 1.807) is 25.1 Å². The van der Waals surface area contributed by atoms with Crippen LogP contribution in [0.1, 0.15) is 18.9 Å². The summed E-state index contributed by atoms with van der Waals surface area (Å²) >= 11 is 0. The molecule has 0 aliphatic carbocycles. The summed E-state index contributed by atoms with van der Waals surface area (Å²) < 4.78 is 26.4. The summed E-state index contributed by atoms with van der Waals surface area (Å²) in [5, 5.41) is 5.70. The first kappa shape index (κ1) is 19.4. The average Bonchev–Trinajstić information content (AvgIpc) is 2.71. The maximum atomic E-state index is 12.0. The van der Waals surface area contributed by atoms with Crippen LogP contribution < -0.4 is 15.4 Å². The summed E-state index contributed by atoms with van der Waals surface area (Å²) in [5.74, 6) is 0.187. The molecule has 128 valence electrons. The number of hydrogen-bond donors (Lipinski definition) is 3. The van der Waals surface area contributed by atoms with Crippen LogP contribution >= 0.6 is 12.4 Å². The topological polar surface area (TPSA) is 99.7 Å². The number of hydrogen-bond acceptors (Lipinski definition) is 5. The van der Waals surface area contributed by atoms with Crippen molar-refractivity contribution in [2.45, 2.75) is 24.3 Å². The first-order valence-corrected chi connectivity index (χ1v) is 8.53. The van der Waals surface area contributed by atoms with Crippen molar-refractivity contribution in [3.05, 3.63) is 29.8 Å². The smallest absolute Gasteiger partial charge is 0.263 e. The van der Waals surface area contributed by atoms with Crippen LogP contribution in [0.15, 0.2) is 34.2 Å². The van der Waals surface area contributed by atoms with E-state index >= 15 is 0 Å². The SMILES string of the molecule is CNCCNC(=O)CC(C)N=C1NS(=O)(=O)c2ccccc21.Cl. The van der Waals surface area contributed by atoms with E-state index in [1.807, 2.05) is 7.05 Å². The number of likely N-dealkylation sites (N-methyl/N-ethyl adjacent to an activating group) is 1. The van der Waals surface area contributed by atoms with Gasteiger partial charge in [0.25, 0.3) is 10.0 Å². The Hall–Kier alpha value is -1.64. The normalized spacial score (nSPS) is 17.7. The number of fused-ring (bicyclic) bond motifs is 1. The zero-order valence-corrected chi connectivity index (χ0v) is 14.6. The number of amidine groups is 1. The zero-order chi connectivity index (χ0) is 16.2. The van der Waals surface area contributed by atoms with Crippen molar-refractivity contribution in [3.63, 3.8) is 0 Å². The molecule has 0 saturated carbocycles. The van der Waals surface area contributed by atoms with Crippen LogP contribution in [0.3, 0.4) is 0 Å². The average molecular weight is 361 g/mol. The fraction of sp³-hybridized carbons (Fsp3) is 0.429. The van der Waals surface area contributed by atoms with Crippen molar-refractivity contribution in [1.82, 2.24) is 15.4 Å². The molecule has 1 aliphatic heterocycles. The van der Waals surface area contributed by atoms with Gasteiger partial charge in [0, 0.05) is 25.1 Å². The van der Waals surface area contributed by atoms with Crippen LogP contribution in [0.4, 0.5) is 0 Å². The molecule has 2 rings (SSSR count). The lowest BCUT2D eigenvalue weighted by atomic mass is 10.2. The number of sulfonamides is 1. The minimum Gasteiger partial charge on any atom is -0.355 e. The Labute approximate surface area is 142 Å². The van der Waals surface area contributed by atoms with E-state index < -0.39 is 10.0 Å². The van der Waals surface area contributed by atoms with Crippen LogP contribution in [0.25, 0.3) is 0 Å². The second-order valence-corrected chi connectivity index (χ2v) is 6.74. The van der Waals surface area contributed by atoms with Gasteiger partial charge in [-0.1, -0.05) is 12.1 Å². The molecule has 1 unspecified atom stereocenters. The Balaban J connectivity index is 0.00000264. The molecule has 7 nitrogen and oxygen atoms in total. The third-order valence-electron chi connectivity index (χ3n) is 3.19. The summed E-state index contributed by atoms with van der Waals surface area (Å²) in [7, 11) is -1.73. The van der Waals surface area contributed by atoms with Crippen molar-refractivity contribution in [2.75, 3.05) is 20.1 Å². The predicted octanol–water partition coefficient (Wildman–Crippen LogP) is 0.261. The van der Waals surface area contributed by atoms with E-state index in [2.05, 4.69) is 20.3 Å². The van der Waals surface area contributed by atoms with Gasteiger partial charge < -0.3 is 10.6 Å². The number of halogens is 1. The zero-order valence-electron chi connectivity index (χ0n) is 13.0. The molecule has 9 heteroatoms. The van der Waals surface area contributed by atoms with Crippen molar-refractivity contribution >= 4 is 34.2 Å². The van der Waals surface area contributed by atoms with Gasteiger partial charge in [0.1, 0.15) is 5.84 Å². The number of rotatable bonds is 6. The summed E-state index contributed by atoms with van der Waals surface area (Å²) in [6.45, 7) is 3.02. The van der Waals surface area contributed by atoms with Gasteiger partial charge in [-0.25, -0.2) is 8.42 Å². The number of aliphatic imine (C=N–C) groups is 1. The number of carbonyl (C=O) groups is 1. The molecule has 0 fully saturated rings. The summed E-state index contributed by atoms with van der Waals surface area (Å²) in [4.78, 5) is 16.3. The van der Waals surface area contributed by atoms with Crippen molar-refractivity contribution < 1.29 is 13.2 Å². The summed E-state index contributed by atoms with van der Waals surface area (Å²) in [6, 6.07) is 6.34. The molecule has 0 bridgehead atoms. The van der Waals surface area contributed by atoms with Crippen LogP contribution in [0.5, 0.6) is 0 Å². The van der Waals surface area contributed by atoms with E-state index in [9.17, 15) is 13.2 Å². The standard InChI is InChI=1S/C14H20N4O3S.ClH/c1-10(9-13(19)16-8-7-15-2)17-14-11-5-3-4-6-12(11)22(20,21)18-14;/h3-6,10,15H,7-9H2,1-2H3,(H,16,19)(H,17,18);1H. The number of nitrogens with zero attached hydrogens (tertiary/aromatic N) is 1. The van der Waals surface area contributed by atoms with Gasteiger partial charge >= 0.3 is 0 Å². The molecule has 3 N–H and O–H groups in total. The van der Waals surface area contributed by atoms with Gasteiger partial charge in [-0.05, 0) is 26.1 Å². The highest BCUT2D eigenvalue weighted by molar-refractivity contribution is 7.90. The van der Waals surface area contributed by atoms with E-state index in [1.165, 1.54) is 6.07 Å². The monoisotopic (exact) mass is 360 g/mol. The minimum absolute atomic E-state index is 0. The van der Waals surface area contributed by atoms with Crippen LogP contribution in [-0.4, -0.2) is 46.3 Å². The molecule has 0 spiro atoms. The highest BCUT2D eigenvalue weighted by atomic mass is 35.5. The molecule has 1 aromatic rings. The van der Waals surface area contributed by atoms with Crippen LogP contribution in [0, 0.1) is 0 Å². The van der Waals surface area contributed by atoms with Gasteiger partial charge in [-0.2, -0.15) is 0 Å². The molecule has 0 saturated heterocycles. The number of benzene rings is 1. The molecule has 23 heavy (non-hydrogen) atoms. The van der Waals surface area contributed by atoms with Crippen molar-refractivity contribution in [3.8, 4) is 0 Å². The molecular weight excluding hydrogens is 340 g/mol. The maximum absolute atomic E-state index is 12.0. The van der Waals surface area contributed by atoms with Gasteiger partial charge in [0.2, 0.25) is 5.91 Å². The Morgan fingerprint density at radius 2 is 2.00 bits per heavy atom. The predicted molar refractivity (Wildman–Crippen MR) is 91.6 cm³/mol. The van der Waals surface area contributed by atoms with Gasteiger partial charge in [0.05, 0.1) is 10.9 Å². The van der Waals surface area contributed by atoms with Crippen molar-refractivity contribution in [1.29, 1.82) is 0 Å². The summed E-state index contributed by atoms with van der Waals surface area (Å²) in [5.41, 5.74) is 0.546. The molecule has 1 amide bonds. The highest BCUT2D eigenvalue weighted by Gasteiger charge is 2.30.